The Morgan fingerprint density at radius 1 is 0.974 bits per heavy atom. The number of hydrogen-bond donors (Lipinski definition) is 0. The van der Waals surface area contributed by atoms with Crippen LogP contribution in [0.3, 0.4) is 0 Å². The molecule has 0 unspecified atom stereocenters. The fraction of sp³-hybridized carbons (Fsp3) is 0.185. The second-order valence-corrected chi connectivity index (χ2v) is 11.0. The van der Waals surface area contributed by atoms with Crippen molar-refractivity contribution in [1.82, 2.24) is 10.0 Å². The summed E-state index contributed by atoms with van der Waals surface area (Å²) in [6.07, 6.45) is 0.519. The number of hydrogen-bond acceptors (Lipinski definition) is 7. The number of benzene rings is 3. The van der Waals surface area contributed by atoms with Crippen LogP contribution in [0.5, 0.6) is 0 Å². The third-order valence-corrected chi connectivity index (χ3v) is 7.90. The number of nitrogens with zero attached hydrogens (tertiary/aromatic N) is 6. The normalized spacial score (nSPS) is 22.1. The largest absolute Gasteiger partial charge is 0.271 e. The van der Waals surface area contributed by atoms with E-state index in [1.807, 2.05) is 54.6 Å². The molecule has 39 heavy (non-hydrogen) atoms. The van der Waals surface area contributed by atoms with Gasteiger partial charge in [0.2, 0.25) is 0 Å². The van der Waals surface area contributed by atoms with Gasteiger partial charge in [-0.15, -0.1) is 0 Å². The summed E-state index contributed by atoms with van der Waals surface area (Å²) >= 11 is 15.7. The summed E-state index contributed by atoms with van der Waals surface area (Å²) in [7, 11) is 0. The molecule has 3 aromatic rings. The molecule has 0 saturated carbocycles. The molecule has 12 heteroatoms. The smallest absolute Gasteiger partial charge is 0.264 e. The predicted molar refractivity (Wildman–Crippen MR) is 149 cm³/mol. The molecule has 0 radical (unpaired) electrons. The van der Waals surface area contributed by atoms with Crippen molar-refractivity contribution < 1.29 is 14.4 Å². The minimum Gasteiger partial charge on any atom is -0.271 e. The number of fused-ring (bicyclic) bond motifs is 1. The van der Waals surface area contributed by atoms with Crippen LogP contribution in [0.1, 0.15) is 23.6 Å². The monoisotopic (exact) mass is 624 g/mol. The summed E-state index contributed by atoms with van der Waals surface area (Å²) in [5.41, 5.74) is 2.81. The fourth-order valence-corrected chi connectivity index (χ4v) is 5.71. The maximum atomic E-state index is 13.7. The number of hydrazone groups is 1. The first-order valence-corrected chi connectivity index (χ1v) is 13.6. The zero-order valence-electron chi connectivity index (χ0n) is 20.1. The van der Waals surface area contributed by atoms with Gasteiger partial charge in [0.25, 0.3) is 17.7 Å². The van der Waals surface area contributed by atoms with E-state index >= 15 is 0 Å². The Kier molecular flexibility index (Phi) is 6.70. The van der Waals surface area contributed by atoms with Crippen LogP contribution in [0.4, 0.5) is 5.69 Å². The van der Waals surface area contributed by atoms with Gasteiger partial charge in [-0.1, -0.05) is 86.8 Å². The molecule has 0 bridgehead atoms. The van der Waals surface area contributed by atoms with Gasteiger partial charge in [-0.3, -0.25) is 19.4 Å². The van der Waals surface area contributed by atoms with E-state index in [4.69, 9.17) is 23.2 Å². The second kappa shape index (κ2) is 10.2. The van der Waals surface area contributed by atoms with Gasteiger partial charge in [0.1, 0.15) is 6.54 Å². The quantitative estimate of drug-likeness (QED) is 0.353. The van der Waals surface area contributed by atoms with Crippen molar-refractivity contribution in [3.63, 3.8) is 0 Å². The maximum absolute atomic E-state index is 13.7. The molecule has 9 nitrogen and oxygen atoms in total. The van der Waals surface area contributed by atoms with E-state index in [1.54, 1.807) is 6.07 Å². The SMILES string of the molecule is O=C1[C@H]2N=NN(CC(=O)N3N=C(c4ccc(Br)cc4)C[C@H]3c3ccccc3)[C@@H]2C(=O)N1c1ccc(Cl)cc1Cl. The fourth-order valence-electron chi connectivity index (χ4n) is 4.96. The third kappa shape index (κ3) is 4.62. The van der Waals surface area contributed by atoms with Crippen LogP contribution in [0.15, 0.2) is 92.7 Å². The van der Waals surface area contributed by atoms with Crippen LogP contribution in [0.25, 0.3) is 0 Å². The molecule has 3 aliphatic rings. The van der Waals surface area contributed by atoms with Gasteiger partial charge in [-0.25, -0.2) is 9.91 Å². The molecule has 3 heterocycles. The van der Waals surface area contributed by atoms with E-state index in [1.165, 1.54) is 22.2 Å². The molecular formula is C27H19BrCl2N6O3. The van der Waals surface area contributed by atoms with Gasteiger partial charge in [0.05, 0.1) is 22.5 Å². The van der Waals surface area contributed by atoms with Crippen molar-refractivity contribution in [2.24, 2.45) is 15.4 Å². The van der Waals surface area contributed by atoms with Gasteiger partial charge < -0.3 is 0 Å². The van der Waals surface area contributed by atoms with Crippen LogP contribution in [-0.4, -0.2) is 52.1 Å². The topological polar surface area (TPSA) is 98.0 Å². The first kappa shape index (κ1) is 25.7. The highest BCUT2D eigenvalue weighted by atomic mass is 79.9. The minimum atomic E-state index is -1.07. The molecule has 1 saturated heterocycles. The second-order valence-electron chi connectivity index (χ2n) is 9.22. The lowest BCUT2D eigenvalue weighted by molar-refractivity contribution is -0.135. The minimum absolute atomic E-state index is 0.154. The Labute approximate surface area is 241 Å². The number of carbonyl (C=O) groups is 3. The molecule has 0 N–H and O–H groups in total. The molecule has 0 aliphatic carbocycles. The number of amides is 3. The Balaban J connectivity index is 1.26. The van der Waals surface area contributed by atoms with Crippen LogP contribution in [0, 0.1) is 0 Å². The number of carbonyl (C=O) groups excluding carboxylic acids is 3. The highest BCUT2D eigenvalue weighted by Crippen LogP contribution is 2.37. The van der Waals surface area contributed by atoms with E-state index < -0.39 is 23.9 Å². The summed E-state index contributed by atoms with van der Waals surface area (Å²) in [5.74, 6) is -1.50. The molecule has 0 aromatic heterocycles. The Bertz CT molecular complexity index is 1550. The highest BCUT2D eigenvalue weighted by Gasteiger charge is 2.55. The number of anilines is 1. The van der Waals surface area contributed by atoms with E-state index in [-0.39, 0.29) is 29.2 Å². The summed E-state index contributed by atoms with van der Waals surface area (Å²) in [6, 6.07) is 19.4. The Morgan fingerprint density at radius 3 is 2.44 bits per heavy atom. The zero-order chi connectivity index (χ0) is 27.3. The third-order valence-electron chi connectivity index (χ3n) is 6.83. The number of rotatable bonds is 5. The van der Waals surface area contributed by atoms with E-state index in [0.29, 0.717) is 11.4 Å². The van der Waals surface area contributed by atoms with Crippen molar-refractivity contribution in [3.8, 4) is 0 Å². The highest BCUT2D eigenvalue weighted by molar-refractivity contribution is 9.10. The molecule has 3 atom stereocenters. The van der Waals surface area contributed by atoms with Crippen LogP contribution in [0.2, 0.25) is 10.0 Å². The molecule has 0 spiro atoms. The summed E-state index contributed by atoms with van der Waals surface area (Å²) in [4.78, 5) is 41.1. The molecular weight excluding hydrogens is 607 g/mol. The Hall–Kier alpha value is -3.60. The van der Waals surface area contributed by atoms with E-state index in [0.717, 1.165) is 26.2 Å². The molecule has 6 rings (SSSR count). The average Bonchev–Trinajstić information content (AvgIpc) is 3.61. The molecule has 1 fully saturated rings. The van der Waals surface area contributed by atoms with Crippen LogP contribution < -0.4 is 4.90 Å². The lowest BCUT2D eigenvalue weighted by atomic mass is 9.98. The molecule has 3 amide bonds. The average molecular weight is 626 g/mol. The van der Waals surface area contributed by atoms with Gasteiger partial charge in [0.15, 0.2) is 12.1 Å². The summed E-state index contributed by atoms with van der Waals surface area (Å²) in [5, 5.41) is 15.9. The maximum Gasteiger partial charge on any atom is 0.264 e. The first-order chi connectivity index (χ1) is 18.8. The predicted octanol–water partition coefficient (Wildman–Crippen LogP) is 5.43. The van der Waals surface area contributed by atoms with Crippen LogP contribution >= 0.6 is 39.1 Å². The van der Waals surface area contributed by atoms with Crippen LogP contribution in [-0.2, 0) is 14.4 Å². The van der Waals surface area contributed by atoms with E-state index in [2.05, 4.69) is 31.4 Å². The lowest BCUT2D eigenvalue weighted by Gasteiger charge is -2.25. The van der Waals surface area contributed by atoms with Gasteiger partial charge >= 0.3 is 0 Å². The summed E-state index contributed by atoms with van der Waals surface area (Å²) < 4.78 is 0.941. The number of imide groups is 1. The molecule has 3 aromatic carbocycles. The van der Waals surface area contributed by atoms with Crippen molar-refractivity contribution in [2.75, 3.05) is 11.4 Å². The summed E-state index contributed by atoms with van der Waals surface area (Å²) in [6.45, 7) is -0.285. The lowest BCUT2D eigenvalue weighted by Crippen LogP contribution is -2.44. The standard InChI is InChI=1S/C27H19BrCl2N6O3/c28-17-8-6-15(7-9-17)20-13-22(16-4-2-1-3-5-16)36(32-20)23(37)14-34-25-24(31-33-34)26(38)35(27(25)39)21-11-10-18(29)12-19(21)30/h1-12,22,24-25H,13-14H2/t22-,24-,25-/m0/s1. The Morgan fingerprint density at radius 2 is 1.72 bits per heavy atom. The first-order valence-electron chi connectivity index (χ1n) is 12.0. The van der Waals surface area contributed by atoms with E-state index in [9.17, 15) is 14.4 Å². The number of halogens is 3. The zero-order valence-corrected chi connectivity index (χ0v) is 23.2. The van der Waals surface area contributed by atoms with Crippen molar-refractivity contribution in [1.29, 1.82) is 0 Å². The molecule has 3 aliphatic heterocycles. The van der Waals surface area contributed by atoms with Gasteiger partial charge in [-0.2, -0.15) is 10.2 Å². The van der Waals surface area contributed by atoms with Gasteiger partial charge in [-0.05, 0) is 41.5 Å². The van der Waals surface area contributed by atoms with Gasteiger partial charge in [0, 0.05) is 15.9 Å². The van der Waals surface area contributed by atoms with Crippen molar-refractivity contribution in [2.45, 2.75) is 24.5 Å². The molecule has 196 valence electrons. The van der Waals surface area contributed by atoms with Crippen molar-refractivity contribution >= 4 is 68.3 Å². The van der Waals surface area contributed by atoms with Crippen molar-refractivity contribution in [3.05, 3.63) is 98.4 Å².